The van der Waals surface area contributed by atoms with E-state index in [1.807, 2.05) is 12.3 Å². The van der Waals surface area contributed by atoms with Gasteiger partial charge >= 0.3 is 5.97 Å². The maximum absolute atomic E-state index is 10.7. The van der Waals surface area contributed by atoms with E-state index in [0.29, 0.717) is 10.7 Å². The summed E-state index contributed by atoms with van der Waals surface area (Å²) >= 11 is 2.84. The van der Waals surface area contributed by atoms with E-state index in [0.717, 1.165) is 10.0 Å². The largest absolute Gasteiger partial charge is 0.478 e. The van der Waals surface area contributed by atoms with Gasteiger partial charge in [-0.15, -0.1) is 11.3 Å². The highest BCUT2D eigenvalue weighted by atomic mass is 32.2. The first-order valence-corrected chi connectivity index (χ1v) is 6.34. The predicted octanol–water partition coefficient (Wildman–Crippen LogP) is 2.28. The van der Waals surface area contributed by atoms with E-state index in [1.54, 1.807) is 0 Å². The highest BCUT2D eigenvalue weighted by Gasteiger charge is 2.10. The summed E-state index contributed by atoms with van der Waals surface area (Å²) in [4.78, 5) is 19.0. The predicted molar refractivity (Wildman–Crippen MR) is 66.6 cm³/mol. The van der Waals surface area contributed by atoms with Crippen LogP contribution in [0, 0.1) is 6.92 Å². The Morgan fingerprint density at radius 3 is 2.88 bits per heavy atom. The van der Waals surface area contributed by atoms with Crippen LogP contribution in [-0.4, -0.2) is 21.0 Å². The van der Waals surface area contributed by atoms with Crippen molar-refractivity contribution in [2.24, 2.45) is 0 Å². The summed E-state index contributed by atoms with van der Waals surface area (Å²) in [6.07, 6.45) is 1.29. The fourth-order valence-corrected chi connectivity index (χ4v) is 2.87. The fraction of sp³-hybridized carbons (Fsp3) is 0.100. The monoisotopic (exact) mass is 267 g/mol. The first-order valence-electron chi connectivity index (χ1n) is 4.65. The van der Waals surface area contributed by atoms with Crippen molar-refractivity contribution in [1.82, 2.24) is 9.97 Å². The second kappa shape index (κ2) is 4.72. The lowest BCUT2D eigenvalue weighted by atomic mass is 10.3. The maximum Gasteiger partial charge on any atom is 0.337 e. The fourth-order valence-electron chi connectivity index (χ4n) is 1.13. The van der Waals surface area contributed by atoms with Gasteiger partial charge in [-0.1, -0.05) is 0 Å². The van der Waals surface area contributed by atoms with Crippen LogP contribution in [0.5, 0.6) is 0 Å². The molecular formula is C10H9N3O2S2. The lowest BCUT2D eigenvalue weighted by molar-refractivity contribution is 0.0696. The molecule has 0 spiro atoms. The molecule has 0 aliphatic carbocycles. The molecule has 0 atom stereocenters. The molecule has 5 nitrogen and oxygen atoms in total. The van der Waals surface area contributed by atoms with Gasteiger partial charge in [-0.05, 0) is 24.8 Å². The van der Waals surface area contributed by atoms with E-state index in [4.69, 9.17) is 10.8 Å². The Balaban J connectivity index is 2.25. The minimum absolute atomic E-state index is 0.0853. The number of carboxylic acid groups (broad SMARTS) is 1. The molecule has 0 unspecified atom stereocenters. The van der Waals surface area contributed by atoms with Gasteiger partial charge < -0.3 is 10.8 Å². The van der Waals surface area contributed by atoms with E-state index in [1.165, 1.54) is 35.4 Å². The van der Waals surface area contributed by atoms with Crippen LogP contribution in [0.4, 0.5) is 5.69 Å². The number of thiazole rings is 1. The summed E-state index contributed by atoms with van der Waals surface area (Å²) in [6, 6.07) is 1.40. The molecule has 0 radical (unpaired) electrons. The number of aromatic nitrogens is 2. The van der Waals surface area contributed by atoms with Crippen molar-refractivity contribution in [2.75, 3.05) is 5.73 Å². The number of carbonyl (C=O) groups is 1. The number of aryl methyl sites for hydroxylation is 1. The molecule has 0 bridgehead atoms. The van der Waals surface area contributed by atoms with Crippen molar-refractivity contribution in [2.45, 2.75) is 16.3 Å². The second-order valence-electron chi connectivity index (χ2n) is 3.28. The molecule has 2 aromatic heterocycles. The molecule has 0 aliphatic heterocycles. The Morgan fingerprint density at radius 2 is 2.35 bits per heavy atom. The number of hydrogen-bond donors (Lipinski definition) is 2. The molecule has 17 heavy (non-hydrogen) atoms. The smallest absolute Gasteiger partial charge is 0.337 e. The molecule has 88 valence electrons. The van der Waals surface area contributed by atoms with Crippen molar-refractivity contribution in [3.8, 4) is 0 Å². The van der Waals surface area contributed by atoms with Crippen molar-refractivity contribution >= 4 is 34.8 Å². The third kappa shape index (κ3) is 2.75. The zero-order valence-electron chi connectivity index (χ0n) is 8.88. The molecular weight excluding hydrogens is 258 g/mol. The Bertz CT molecular complexity index is 568. The number of anilines is 1. The van der Waals surface area contributed by atoms with Crippen LogP contribution in [0.15, 0.2) is 27.0 Å². The maximum atomic E-state index is 10.7. The van der Waals surface area contributed by atoms with E-state index >= 15 is 0 Å². The Kier molecular flexibility index (Phi) is 3.30. The standard InChI is InChI=1S/C10H9N3O2S2/c1-5-4-16-10(13-5)17-8-7(11)2-6(3-12-8)9(14)15/h2-4H,11H2,1H3,(H,14,15). The highest BCUT2D eigenvalue weighted by Crippen LogP contribution is 2.32. The number of pyridine rings is 1. The third-order valence-electron chi connectivity index (χ3n) is 1.91. The van der Waals surface area contributed by atoms with Gasteiger partial charge in [0.1, 0.15) is 5.03 Å². The minimum Gasteiger partial charge on any atom is -0.478 e. The highest BCUT2D eigenvalue weighted by molar-refractivity contribution is 8.01. The van der Waals surface area contributed by atoms with Crippen LogP contribution in [0.3, 0.4) is 0 Å². The van der Waals surface area contributed by atoms with Crippen LogP contribution in [0.1, 0.15) is 16.1 Å². The van der Waals surface area contributed by atoms with Gasteiger partial charge in [-0.25, -0.2) is 14.8 Å². The van der Waals surface area contributed by atoms with Crippen LogP contribution < -0.4 is 5.73 Å². The number of rotatable bonds is 3. The summed E-state index contributed by atoms with van der Waals surface area (Å²) in [6.45, 7) is 1.91. The Labute approximate surface area is 106 Å². The van der Waals surface area contributed by atoms with Gasteiger partial charge in [0, 0.05) is 17.3 Å². The van der Waals surface area contributed by atoms with Gasteiger partial charge in [0.15, 0.2) is 4.34 Å². The third-order valence-corrected chi connectivity index (χ3v) is 4.00. The van der Waals surface area contributed by atoms with Crippen LogP contribution in [0.2, 0.25) is 0 Å². The Hall–Kier alpha value is -1.60. The lowest BCUT2D eigenvalue weighted by Gasteiger charge is -2.02. The molecule has 0 amide bonds. The van der Waals surface area contributed by atoms with Crippen molar-refractivity contribution in [3.05, 3.63) is 28.9 Å². The molecule has 2 heterocycles. The first-order chi connectivity index (χ1) is 8.06. The summed E-state index contributed by atoms with van der Waals surface area (Å²) in [5.74, 6) is -1.04. The number of nitrogens with zero attached hydrogens (tertiary/aromatic N) is 2. The molecule has 7 heteroatoms. The molecule has 0 fully saturated rings. The number of nitrogens with two attached hydrogens (primary N) is 1. The van der Waals surface area contributed by atoms with Gasteiger partial charge in [-0.3, -0.25) is 0 Å². The average Bonchev–Trinajstić information content (AvgIpc) is 2.67. The molecule has 2 rings (SSSR count). The number of hydrogen-bond acceptors (Lipinski definition) is 6. The van der Waals surface area contributed by atoms with Gasteiger partial charge in [0.05, 0.1) is 11.3 Å². The van der Waals surface area contributed by atoms with E-state index in [-0.39, 0.29) is 5.56 Å². The zero-order chi connectivity index (χ0) is 12.4. The number of nitrogen functional groups attached to an aromatic ring is 1. The molecule has 2 aromatic rings. The normalized spacial score (nSPS) is 10.4. The molecule has 3 N–H and O–H groups in total. The number of aromatic carboxylic acids is 1. The summed E-state index contributed by atoms with van der Waals surface area (Å²) < 4.78 is 0.838. The van der Waals surface area contributed by atoms with E-state index < -0.39 is 5.97 Å². The van der Waals surface area contributed by atoms with Crippen LogP contribution in [-0.2, 0) is 0 Å². The molecule has 0 saturated heterocycles. The second-order valence-corrected chi connectivity index (χ2v) is 5.37. The van der Waals surface area contributed by atoms with Crippen LogP contribution >= 0.6 is 23.1 Å². The topological polar surface area (TPSA) is 89.1 Å². The summed E-state index contributed by atoms with van der Waals surface area (Å²) in [5, 5.41) is 11.3. The molecule has 0 aliphatic rings. The van der Waals surface area contributed by atoms with E-state index in [9.17, 15) is 4.79 Å². The van der Waals surface area contributed by atoms with Gasteiger partial charge in [0.25, 0.3) is 0 Å². The Morgan fingerprint density at radius 1 is 1.59 bits per heavy atom. The van der Waals surface area contributed by atoms with Gasteiger partial charge in [-0.2, -0.15) is 0 Å². The SMILES string of the molecule is Cc1csc(Sc2ncc(C(=O)O)cc2N)n1. The summed E-state index contributed by atoms with van der Waals surface area (Å²) in [5.41, 5.74) is 7.12. The molecule has 0 aromatic carbocycles. The van der Waals surface area contributed by atoms with Crippen molar-refractivity contribution in [1.29, 1.82) is 0 Å². The quantitative estimate of drug-likeness (QED) is 0.886. The molecule has 0 saturated carbocycles. The minimum atomic E-state index is -1.04. The number of carboxylic acids is 1. The van der Waals surface area contributed by atoms with Crippen molar-refractivity contribution < 1.29 is 9.90 Å². The zero-order valence-corrected chi connectivity index (χ0v) is 10.5. The lowest BCUT2D eigenvalue weighted by Crippen LogP contribution is -2.00. The van der Waals surface area contributed by atoms with Crippen LogP contribution in [0.25, 0.3) is 0 Å². The van der Waals surface area contributed by atoms with E-state index in [2.05, 4.69) is 9.97 Å². The van der Waals surface area contributed by atoms with Gasteiger partial charge in [0.2, 0.25) is 0 Å². The van der Waals surface area contributed by atoms with Crippen molar-refractivity contribution in [3.63, 3.8) is 0 Å². The average molecular weight is 267 g/mol. The first kappa shape index (κ1) is 11.9. The summed E-state index contributed by atoms with van der Waals surface area (Å²) in [7, 11) is 0.